The summed E-state index contributed by atoms with van der Waals surface area (Å²) < 4.78 is 15.4. The topological polar surface area (TPSA) is 87.7 Å². The van der Waals surface area contributed by atoms with Crippen molar-refractivity contribution in [1.29, 1.82) is 5.26 Å². The van der Waals surface area contributed by atoms with Crippen molar-refractivity contribution in [1.82, 2.24) is 19.7 Å². The number of thioether (sulfide) groups is 1. The molecule has 176 valence electrons. The molecule has 0 unspecified atom stereocenters. The number of pyridine rings is 1. The normalized spacial score (nSPS) is 10.7. The third-order valence-corrected chi connectivity index (χ3v) is 6.16. The summed E-state index contributed by atoms with van der Waals surface area (Å²) in [6.45, 7) is 4.25. The van der Waals surface area contributed by atoms with Gasteiger partial charge in [-0.1, -0.05) is 17.8 Å². The Kier molecular flexibility index (Phi) is 7.53. The summed E-state index contributed by atoms with van der Waals surface area (Å²) in [5.41, 5.74) is 4.32. The van der Waals surface area contributed by atoms with E-state index >= 15 is 0 Å². The molecule has 1 amide bonds. The highest BCUT2D eigenvalue weighted by Gasteiger charge is 2.21. The van der Waals surface area contributed by atoms with Gasteiger partial charge >= 0.3 is 0 Å². The van der Waals surface area contributed by atoms with Gasteiger partial charge in [0.25, 0.3) is 0 Å². The van der Waals surface area contributed by atoms with Crippen LogP contribution in [-0.4, -0.2) is 38.0 Å². The molecule has 0 saturated heterocycles. The van der Waals surface area contributed by atoms with Crippen LogP contribution >= 0.6 is 11.8 Å². The average molecular weight is 487 g/mol. The van der Waals surface area contributed by atoms with Crippen LogP contribution < -0.4 is 4.90 Å². The number of nitrogens with zero attached hydrogens (tertiary/aromatic N) is 6. The summed E-state index contributed by atoms with van der Waals surface area (Å²) in [6, 6.07) is 17.7. The van der Waals surface area contributed by atoms with Gasteiger partial charge in [0.05, 0.1) is 18.2 Å². The molecule has 2 aromatic carbocycles. The molecule has 4 aromatic rings. The molecule has 2 aromatic heterocycles. The van der Waals surface area contributed by atoms with Gasteiger partial charge in [-0.3, -0.25) is 14.3 Å². The zero-order valence-corrected chi connectivity index (χ0v) is 20.2. The number of nitriles is 1. The molecule has 2 heterocycles. The Morgan fingerprint density at radius 3 is 2.40 bits per heavy atom. The molecule has 7 nitrogen and oxygen atoms in total. The van der Waals surface area contributed by atoms with Gasteiger partial charge in [-0.25, -0.2) is 4.39 Å². The smallest absolute Gasteiger partial charge is 0.237 e. The van der Waals surface area contributed by atoms with E-state index in [-0.39, 0.29) is 23.9 Å². The van der Waals surface area contributed by atoms with Crippen molar-refractivity contribution in [2.24, 2.45) is 0 Å². The molecule has 0 saturated carbocycles. The van der Waals surface area contributed by atoms with E-state index in [0.29, 0.717) is 23.2 Å². The summed E-state index contributed by atoms with van der Waals surface area (Å²) >= 11 is 1.24. The number of amides is 1. The predicted octanol–water partition coefficient (Wildman–Crippen LogP) is 5.12. The largest absolute Gasteiger partial charge is 0.311 e. The van der Waals surface area contributed by atoms with Crippen molar-refractivity contribution in [3.63, 3.8) is 0 Å². The first-order valence-electron chi connectivity index (χ1n) is 11.0. The maximum absolute atomic E-state index is 13.6. The number of aryl methyl sites for hydroxylation is 2. The molecule has 4 rings (SSSR count). The number of rotatable bonds is 8. The van der Waals surface area contributed by atoms with Gasteiger partial charge in [0, 0.05) is 35.9 Å². The van der Waals surface area contributed by atoms with Crippen LogP contribution in [0.4, 0.5) is 10.1 Å². The molecule has 35 heavy (non-hydrogen) atoms. The van der Waals surface area contributed by atoms with Gasteiger partial charge in [0.1, 0.15) is 5.82 Å². The molecule has 0 bridgehead atoms. The van der Waals surface area contributed by atoms with E-state index in [4.69, 9.17) is 5.26 Å². The lowest BCUT2D eigenvalue weighted by molar-refractivity contribution is -0.116. The lowest BCUT2D eigenvalue weighted by Crippen LogP contribution is -2.33. The van der Waals surface area contributed by atoms with Crippen molar-refractivity contribution < 1.29 is 9.18 Å². The second-order valence-corrected chi connectivity index (χ2v) is 8.88. The first kappa shape index (κ1) is 24.1. The van der Waals surface area contributed by atoms with E-state index < -0.39 is 0 Å². The quantitative estimate of drug-likeness (QED) is 0.321. The fourth-order valence-electron chi connectivity index (χ4n) is 3.74. The van der Waals surface area contributed by atoms with Crippen molar-refractivity contribution in [3.8, 4) is 23.1 Å². The van der Waals surface area contributed by atoms with E-state index in [1.165, 1.54) is 23.9 Å². The number of aromatic nitrogens is 4. The highest BCUT2D eigenvalue weighted by Crippen LogP contribution is 2.29. The molecular weight excluding hydrogens is 463 g/mol. The van der Waals surface area contributed by atoms with Gasteiger partial charge in [0.2, 0.25) is 5.91 Å². The van der Waals surface area contributed by atoms with Crippen molar-refractivity contribution in [3.05, 3.63) is 83.9 Å². The minimum atomic E-state index is -0.349. The molecule has 9 heteroatoms. The summed E-state index contributed by atoms with van der Waals surface area (Å²) in [6.07, 6.45) is 3.54. The van der Waals surface area contributed by atoms with Crippen LogP contribution in [0.2, 0.25) is 0 Å². The van der Waals surface area contributed by atoms with Crippen molar-refractivity contribution in [2.45, 2.75) is 25.4 Å². The van der Waals surface area contributed by atoms with Gasteiger partial charge in [0.15, 0.2) is 11.0 Å². The van der Waals surface area contributed by atoms with Crippen LogP contribution in [0.5, 0.6) is 0 Å². The summed E-state index contributed by atoms with van der Waals surface area (Å²) in [4.78, 5) is 19.0. The van der Waals surface area contributed by atoms with Crippen LogP contribution in [0.3, 0.4) is 0 Å². The zero-order chi connectivity index (χ0) is 24.8. The number of hydrogen-bond acceptors (Lipinski definition) is 6. The Morgan fingerprint density at radius 2 is 1.74 bits per heavy atom. The van der Waals surface area contributed by atoms with Crippen LogP contribution in [0.25, 0.3) is 17.1 Å². The van der Waals surface area contributed by atoms with E-state index in [0.717, 1.165) is 22.4 Å². The monoisotopic (exact) mass is 486 g/mol. The van der Waals surface area contributed by atoms with Gasteiger partial charge in [-0.2, -0.15) is 5.26 Å². The number of anilines is 1. The predicted molar refractivity (Wildman–Crippen MR) is 134 cm³/mol. The molecule has 0 spiro atoms. The Labute approximate surface area is 207 Å². The van der Waals surface area contributed by atoms with Crippen LogP contribution in [0.1, 0.15) is 17.5 Å². The van der Waals surface area contributed by atoms with Gasteiger partial charge in [-0.15, -0.1) is 10.2 Å². The number of benzene rings is 2. The Morgan fingerprint density at radius 1 is 1.06 bits per heavy atom. The Hall–Kier alpha value is -4.03. The maximum Gasteiger partial charge on any atom is 0.237 e. The van der Waals surface area contributed by atoms with E-state index in [1.54, 1.807) is 34.0 Å². The second-order valence-electron chi connectivity index (χ2n) is 7.94. The number of carbonyl (C=O) groups is 1. The first-order valence-corrected chi connectivity index (χ1v) is 11.9. The van der Waals surface area contributed by atoms with Crippen LogP contribution in [-0.2, 0) is 4.79 Å². The molecular formula is C26H23FN6OS. The molecule has 0 fully saturated rings. The molecule has 0 radical (unpaired) electrons. The highest BCUT2D eigenvalue weighted by molar-refractivity contribution is 7.99. The third kappa shape index (κ3) is 5.73. The van der Waals surface area contributed by atoms with Crippen molar-refractivity contribution in [2.75, 3.05) is 17.2 Å². The summed E-state index contributed by atoms with van der Waals surface area (Å²) in [5, 5.41) is 18.3. The fraction of sp³-hybridized carbons (Fsp3) is 0.192. The van der Waals surface area contributed by atoms with Crippen molar-refractivity contribution >= 4 is 23.4 Å². The van der Waals surface area contributed by atoms with Gasteiger partial charge in [-0.05, 0) is 73.5 Å². The molecule has 0 N–H and O–H groups in total. The standard InChI is InChI=1S/C26H23FN6OS/c1-18-14-19(2)16-23(15-18)32(13-3-10-28)24(34)17-35-26-31-30-25(20-8-11-29-12-9-20)33(26)22-6-4-21(27)5-7-22/h4-9,11-12,14-16H,3,13,17H2,1-2H3. The molecule has 0 aliphatic heterocycles. The van der Waals surface area contributed by atoms with E-state index in [2.05, 4.69) is 21.3 Å². The van der Waals surface area contributed by atoms with Gasteiger partial charge < -0.3 is 4.90 Å². The minimum absolute atomic E-state index is 0.0914. The maximum atomic E-state index is 13.6. The average Bonchev–Trinajstić information content (AvgIpc) is 3.27. The lowest BCUT2D eigenvalue weighted by Gasteiger charge is -2.22. The highest BCUT2D eigenvalue weighted by atomic mass is 32.2. The second kappa shape index (κ2) is 10.9. The Bertz CT molecular complexity index is 1340. The minimum Gasteiger partial charge on any atom is -0.311 e. The first-order chi connectivity index (χ1) is 17.0. The van der Waals surface area contributed by atoms with E-state index in [9.17, 15) is 9.18 Å². The molecule has 0 atom stereocenters. The number of hydrogen-bond donors (Lipinski definition) is 0. The zero-order valence-electron chi connectivity index (χ0n) is 19.3. The SMILES string of the molecule is Cc1cc(C)cc(N(CCC#N)C(=O)CSc2nnc(-c3ccncc3)n2-c2ccc(F)cc2)c1. The van der Waals surface area contributed by atoms with Crippen LogP contribution in [0.15, 0.2) is 72.1 Å². The van der Waals surface area contributed by atoms with Crippen LogP contribution in [0, 0.1) is 31.0 Å². The van der Waals surface area contributed by atoms with E-state index in [1.807, 2.05) is 44.2 Å². The summed E-state index contributed by atoms with van der Waals surface area (Å²) in [5.74, 6) is 0.158. The Balaban J connectivity index is 1.64. The fourth-order valence-corrected chi connectivity index (χ4v) is 4.57. The lowest BCUT2D eigenvalue weighted by atomic mass is 10.1. The summed E-state index contributed by atoms with van der Waals surface area (Å²) in [7, 11) is 0. The molecule has 0 aliphatic rings. The number of carbonyl (C=O) groups excluding carboxylic acids is 1. The molecule has 0 aliphatic carbocycles. The third-order valence-electron chi connectivity index (χ3n) is 5.25. The number of halogens is 1.